The highest BCUT2D eigenvalue weighted by atomic mass is 16.5. The Hall–Kier alpha value is -3.35. The summed E-state index contributed by atoms with van der Waals surface area (Å²) in [5.41, 5.74) is 2.73. The highest BCUT2D eigenvalue weighted by Gasteiger charge is 2.24. The van der Waals surface area contributed by atoms with Gasteiger partial charge in [0.1, 0.15) is 25.1 Å². The fraction of sp³-hybridized carbons (Fsp3) is 0.286. The Morgan fingerprint density at radius 2 is 1.64 bits per heavy atom. The van der Waals surface area contributed by atoms with Crippen molar-refractivity contribution >= 4 is 25.2 Å². The van der Waals surface area contributed by atoms with Crippen molar-refractivity contribution < 1.29 is 29.0 Å². The van der Waals surface area contributed by atoms with Crippen LogP contribution in [0.5, 0.6) is 11.5 Å². The van der Waals surface area contributed by atoms with Crippen LogP contribution in [0.4, 0.5) is 5.69 Å². The van der Waals surface area contributed by atoms with E-state index in [-0.39, 0.29) is 12.5 Å². The molecule has 7 heteroatoms. The summed E-state index contributed by atoms with van der Waals surface area (Å²) >= 11 is 0. The molecular formula is C21H27NO6. The maximum atomic E-state index is 11.4. The number of hydrogen-bond acceptors (Lipinski definition) is 6. The van der Waals surface area contributed by atoms with Crippen LogP contribution in [0.2, 0.25) is 0 Å². The molecule has 28 heavy (non-hydrogen) atoms. The third-order valence-electron chi connectivity index (χ3n) is 4.19. The lowest BCUT2D eigenvalue weighted by atomic mass is 9.96. The number of carbonyl (C=O) groups is 3. The number of aliphatic carboxylic acids is 1. The van der Waals surface area contributed by atoms with E-state index in [1.165, 1.54) is 0 Å². The van der Waals surface area contributed by atoms with E-state index in [2.05, 4.69) is 0 Å². The summed E-state index contributed by atoms with van der Waals surface area (Å²) in [5.74, 6) is 0.467. The molecule has 0 heterocycles. The summed E-state index contributed by atoms with van der Waals surface area (Å²) in [4.78, 5) is 29.4. The van der Waals surface area contributed by atoms with Gasteiger partial charge in [-0.3, -0.25) is 4.79 Å². The van der Waals surface area contributed by atoms with E-state index in [1.54, 1.807) is 20.3 Å². The third-order valence-corrected chi connectivity index (χ3v) is 4.19. The fourth-order valence-electron chi connectivity index (χ4n) is 2.82. The molecule has 1 N–H and O–H groups in total. The molecule has 0 saturated heterocycles. The Bertz CT molecular complexity index is 733. The predicted molar refractivity (Wildman–Crippen MR) is 108 cm³/mol. The Morgan fingerprint density at radius 1 is 1.07 bits per heavy atom. The Labute approximate surface area is 165 Å². The van der Waals surface area contributed by atoms with Gasteiger partial charge in [-0.05, 0) is 36.2 Å². The first kappa shape index (κ1) is 24.7. The van der Waals surface area contributed by atoms with Gasteiger partial charge in [-0.25, -0.2) is 0 Å². The number of carboxylic acids is 1. The lowest BCUT2D eigenvalue weighted by Gasteiger charge is -2.31. The van der Waals surface area contributed by atoms with Crippen LogP contribution in [-0.2, 0) is 14.4 Å². The van der Waals surface area contributed by atoms with Crippen LogP contribution in [0.3, 0.4) is 0 Å². The number of nitrogens with zero attached hydrogens (tertiary/aromatic N) is 1. The number of rotatable bonds is 7. The van der Waals surface area contributed by atoms with Gasteiger partial charge >= 0.3 is 5.97 Å². The number of para-hydroxylation sites is 1. The minimum Gasteiger partial charge on any atom is -0.497 e. The molecule has 1 unspecified atom stereocenters. The topological polar surface area (TPSA) is 93.1 Å². The second-order valence-corrected chi connectivity index (χ2v) is 5.60. The third kappa shape index (κ3) is 6.42. The van der Waals surface area contributed by atoms with Crippen molar-refractivity contribution in [1.29, 1.82) is 0 Å². The smallest absolute Gasteiger partial charge is 0.305 e. The highest BCUT2D eigenvalue weighted by molar-refractivity contribution is 5.70. The number of methoxy groups -OCH3 is 2. The zero-order valence-electron chi connectivity index (χ0n) is 16.7. The van der Waals surface area contributed by atoms with Crippen molar-refractivity contribution in [3.63, 3.8) is 0 Å². The first-order valence-corrected chi connectivity index (χ1v) is 8.27. The molecule has 0 aromatic heterocycles. The largest absolute Gasteiger partial charge is 0.497 e. The van der Waals surface area contributed by atoms with Crippen LogP contribution in [0.1, 0.15) is 23.6 Å². The van der Waals surface area contributed by atoms with Gasteiger partial charge in [0.2, 0.25) is 0 Å². The molecule has 0 aliphatic heterocycles. The van der Waals surface area contributed by atoms with Gasteiger partial charge in [0.25, 0.3) is 0 Å². The summed E-state index contributed by atoms with van der Waals surface area (Å²) in [5, 5.41) is 9.40. The number of anilines is 1. The predicted octanol–water partition coefficient (Wildman–Crippen LogP) is 3.29. The van der Waals surface area contributed by atoms with Crippen molar-refractivity contribution in [3.8, 4) is 11.5 Å². The summed E-state index contributed by atoms with van der Waals surface area (Å²) in [7, 11) is 5.08. The summed E-state index contributed by atoms with van der Waals surface area (Å²) in [6, 6.07) is 13.1. The lowest BCUT2D eigenvalue weighted by Crippen LogP contribution is -2.27. The normalized spacial score (nSPS) is 10.3. The molecule has 0 saturated carbocycles. The second-order valence-electron chi connectivity index (χ2n) is 5.60. The molecule has 0 radical (unpaired) electrons. The van der Waals surface area contributed by atoms with Gasteiger partial charge in [-0.15, -0.1) is 0 Å². The molecule has 0 aliphatic carbocycles. The summed E-state index contributed by atoms with van der Waals surface area (Å²) in [6.45, 7) is 5.93. The van der Waals surface area contributed by atoms with Crippen molar-refractivity contribution in [2.45, 2.75) is 19.4 Å². The zero-order valence-corrected chi connectivity index (χ0v) is 16.7. The van der Waals surface area contributed by atoms with Gasteiger partial charge in [0.05, 0.1) is 26.7 Å². The molecule has 0 aliphatic rings. The maximum Gasteiger partial charge on any atom is 0.305 e. The number of carboxylic acid groups (broad SMARTS) is 1. The summed E-state index contributed by atoms with van der Waals surface area (Å²) < 4.78 is 10.8. The van der Waals surface area contributed by atoms with E-state index < -0.39 is 5.97 Å². The molecule has 2 rings (SSSR count). The van der Waals surface area contributed by atoms with Crippen LogP contribution in [0.25, 0.3) is 0 Å². The van der Waals surface area contributed by atoms with Crippen molar-refractivity contribution in [3.05, 3.63) is 53.6 Å². The van der Waals surface area contributed by atoms with Crippen LogP contribution in [0, 0.1) is 6.92 Å². The van der Waals surface area contributed by atoms with Gasteiger partial charge in [0, 0.05) is 18.8 Å². The van der Waals surface area contributed by atoms with Gasteiger partial charge in [-0.1, -0.05) is 18.2 Å². The van der Waals surface area contributed by atoms with Crippen LogP contribution in [0.15, 0.2) is 42.5 Å². The first-order valence-electron chi connectivity index (χ1n) is 8.27. The van der Waals surface area contributed by atoms with Crippen molar-refractivity contribution in [1.82, 2.24) is 0 Å². The first-order chi connectivity index (χ1) is 13.5. The molecule has 0 spiro atoms. The minimum absolute atomic E-state index is 0.0252. The molecule has 7 nitrogen and oxygen atoms in total. The molecule has 152 valence electrons. The number of hydrogen-bond donors (Lipinski definition) is 1. The zero-order chi connectivity index (χ0) is 21.7. The SMILES string of the molecule is C=O.C=O.COc1cc(OC)c(C)c(C(CC(=O)O)N(C)c2ccccc2)c1. The maximum absolute atomic E-state index is 11.4. The fourth-order valence-corrected chi connectivity index (χ4v) is 2.82. The quantitative estimate of drug-likeness (QED) is 0.776. The Morgan fingerprint density at radius 3 is 2.11 bits per heavy atom. The van der Waals surface area contributed by atoms with Crippen LogP contribution >= 0.6 is 0 Å². The van der Waals surface area contributed by atoms with Gasteiger partial charge in [-0.2, -0.15) is 0 Å². The van der Waals surface area contributed by atoms with E-state index in [0.29, 0.717) is 11.5 Å². The molecular weight excluding hydrogens is 362 g/mol. The number of carbonyl (C=O) groups excluding carboxylic acids is 2. The van der Waals surface area contributed by atoms with Gasteiger partial charge in [0.15, 0.2) is 0 Å². The van der Waals surface area contributed by atoms with Crippen molar-refractivity contribution in [2.75, 3.05) is 26.2 Å². The molecule has 2 aromatic rings. The average Bonchev–Trinajstić information content (AvgIpc) is 2.75. The molecule has 0 fully saturated rings. The Balaban J connectivity index is 0.00000171. The highest BCUT2D eigenvalue weighted by Crippen LogP contribution is 2.36. The second kappa shape index (κ2) is 12.9. The van der Waals surface area contributed by atoms with E-state index in [1.807, 2.05) is 68.8 Å². The summed E-state index contributed by atoms with van der Waals surface area (Å²) in [6.07, 6.45) is -0.0252. The van der Waals surface area contributed by atoms with Crippen LogP contribution < -0.4 is 14.4 Å². The Kier molecular flexibility index (Phi) is 11.4. The lowest BCUT2D eigenvalue weighted by molar-refractivity contribution is -0.137. The minimum atomic E-state index is -0.857. The van der Waals surface area contributed by atoms with E-state index in [9.17, 15) is 9.90 Å². The standard InChI is InChI=1S/C19H23NO4.2CH2O/c1-13-16(10-15(23-3)11-18(13)24-4)17(12-19(21)22)20(2)14-8-6-5-7-9-14;2*1-2/h5-11,17H,12H2,1-4H3,(H,21,22);2*1H2. The van der Waals surface area contributed by atoms with E-state index in [4.69, 9.17) is 19.1 Å². The van der Waals surface area contributed by atoms with E-state index in [0.717, 1.165) is 16.8 Å². The monoisotopic (exact) mass is 389 g/mol. The van der Waals surface area contributed by atoms with Crippen molar-refractivity contribution in [2.24, 2.45) is 0 Å². The molecule has 0 bridgehead atoms. The molecule has 2 aromatic carbocycles. The van der Waals surface area contributed by atoms with E-state index >= 15 is 0 Å². The molecule has 1 atom stereocenters. The molecule has 0 amide bonds. The van der Waals surface area contributed by atoms with Crippen LogP contribution in [-0.4, -0.2) is 45.9 Å². The number of ether oxygens (including phenoxy) is 2. The van der Waals surface area contributed by atoms with Gasteiger partial charge < -0.3 is 29.1 Å². The number of benzene rings is 2. The average molecular weight is 389 g/mol.